The Morgan fingerprint density at radius 3 is 2.64 bits per heavy atom. The standard InChI is InChI=1S/C11H14ClNO/c1-8-6-10(4-5-11(8)12)13(3)7-9(2)14/h4-6H,7H2,1-3H3. The fourth-order valence-electron chi connectivity index (χ4n) is 1.29. The van der Waals surface area contributed by atoms with E-state index in [4.69, 9.17) is 11.6 Å². The van der Waals surface area contributed by atoms with Gasteiger partial charge in [0.2, 0.25) is 0 Å². The molecule has 14 heavy (non-hydrogen) atoms. The van der Waals surface area contributed by atoms with Crippen molar-refractivity contribution < 1.29 is 4.79 Å². The van der Waals surface area contributed by atoms with E-state index in [-0.39, 0.29) is 5.78 Å². The fraction of sp³-hybridized carbons (Fsp3) is 0.364. The molecule has 0 unspecified atom stereocenters. The van der Waals surface area contributed by atoms with Gasteiger partial charge < -0.3 is 4.90 Å². The highest BCUT2D eigenvalue weighted by molar-refractivity contribution is 6.31. The van der Waals surface area contributed by atoms with Crippen molar-refractivity contribution in [1.82, 2.24) is 0 Å². The summed E-state index contributed by atoms with van der Waals surface area (Å²) >= 11 is 5.91. The Morgan fingerprint density at radius 1 is 1.50 bits per heavy atom. The first kappa shape index (κ1) is 11.1. The molecule has 0 amide bonds. The molecule has 0 saturated heterocycles. The number of ketones is 1. The molecule has 1 aromatic rings. The van der Waals surface area contributed by atoms with Crippen molar-refractivity contribution in [3.8, 4) is 0 Å². The second-order valence-corrected chi connectivity index (χ2v) is 3.90. The Kier molecular flexibility index (Phi) is 3.53. The Labute approximate surface area is 89.5 Å². The Bertz CT molecular complexity index is 349. The molecule has 1 aromatic carbocycles. The molecule has 0 bridgehead atoms. The fourth-order valence-corrected chi connectivity index (χ4v) is 1.41. The molecular formula is C11H14ClNO. The van der Waals surface area contributed by atoms with Gasteiger partial charge in [0.25, 0.3) is 0 Å². The third kappa shape index (κ3) is 2.74. The van der Waals surface area contributed by atoms with Crippen molar-refractivity contribution in [3.05, 3.63) is 28.8 Å². The number of rotatable bonds is 3. The maximum Gasteiger partial charge on any atom is 0.149 e. The molecule has 76 valence electrons. The highest BCUT2D eigenvalue weighted by Crippen LogP contribution is 2.21. The molecule has 0 spiro atoms. The lowest BCUT2D eigenvalue weighted by Gasteiger charge is -2.18. The Morgan fingerprint density at radius 2 is 2.14 bits per heavy atom. The average Bonchev–Trinajstić information content (AvgIpc) is 2.08. The van der Waals surface area contributed by atoms with Crippen molar-refractivity contribution in [2.24, 2.45) is 0 Å². The van der Waals surface area contributed by atoms with E-state index in [2.05, 4.69) is 0 Å². The molecule has 0 atom stereocenters. The molecule has 3 heteroatoms. The van der Waals surface area contributed by atoms with E-state index >= 15 is 0 Å². The number of likely N-dealkylation sites (N-methyl/N-ethyl adjacent to an activating group) is 1. The minimum absolute atomic E-state index is 0.153. The van der Waals surface area contributed by atoms with Crippen LogP contribution in [0.3, 0.4) is 0 Å². The molecule has 0 aliphatic heterocycles. The lowest BCUT2D eigenvalue weighted by Crippen LogP contribution is -2.23. The quantitative estimate of drug-likeness (QED) is 0.766. The van der Waals surface area contributed by atoms with Gasteiger partial charge in [0.1, 0.15) is 5.78 Å². The van der Waals surface area contributed by atoms with Crippen molar-refractivity contribution >= 4 is 23.1 Å². The van der Waals surface area contributed by atoms with Gasteiger partial charge in [-0.05, 0) is 37.6 Å². The number of nitrogens with zero attached hydrogens (tertiary/aromatic N) is 1. The van der Waals surface area contributed by atoms with Crippen LogP contribution < -0.4 is 4.90 Å². The van der Waals surface area contributed by atoms with E-state index < -0.39 is 0 Å². The zero-order chi connectivity index (χ0) is 10.7. The summed E-state index contributed by atoms with van der Waals surface area (Å²) in [6.07, 6.45) is 0. The number of benzene rings is 1. The molecule has 0 heterocycles. The number of Topliss-reactive ketones (excluding diaryl/α,β-unsaturated/α-hetero) is 1. The van der Waals surface area contributed by atoms with E-state index in [1.807, 2.05) is 37.1 Å². The van der Waals surface area contributed by atoms with E-state index in [9.17, 15) is 4.79 Å². The molecule has 0 saturated carbocycles. The van der Waals surface area contributed by atoms with Crippen LogP contribution in [-0.2, 0) is 4.79 Å². The van der Waals surface area contributed by atoms with Gasteiger partial charge in [0, 0.05) is 17.8 Å². The highest BCUT2D eigenvalue weighted by Gasteiger charge is 2.04. The molecular weight excluding hydrogens is 198 g/mol. The van der Waals surface area contributed by atoms with Gasteiger partial charge in [-0.25, -0.2) is 0 Å². The van der Waals surface area contributed by atoms with Crippen LogP contribution in [0, 0.1) is 6.92 Å². The van der Waals surface area contributed by atoms with Crippen LogP contribution in [0.4, 0.5) is 5.69 Å². The summed E-state index contributed by atoms with van der Waals surface area (Å²) in [5.74, 6) is 0.153. The number of hydrogen-bond donors (Lipinski definition) is 0. The van der Waals surface area contributed by atoms with Gasteiger partial charge in [-0.3, -0.25) is 4.79 Å². The smallest absolute Gasteiger partial charge is 0.149 e. The molecule has 0 N–H and O–H groups in total. The second-order valence-electron chi connectivity index (χ2n) is 3.49. The molecule has 0 aliphatic rings. The second kappa shape index (κ2) is 4.47. The van der Waals surface area contributed by atoms with E-state index in [1.165, 1.54) is 0 Å². The van der Waals surface area contributed by atoms with E-state index in [0.29, 0.717) is 6.54 Å². The Balaban J connectivity index is 2.85. The van der Waals surface area contributed by atoms with Gasteiger partial charge in [0.15, 0.2) is 0 Å². The molecule has 0 aliphatic carbocycles. The lowest BCUT2D eigenvalue weighted by atomic mass is 10.2. The summed E-state index contributed by atoms with van der Waals surface area (Å²) in [6, 6.07) is 5.74. The minimum Gasteiger partial charge on any atom is -0.367 e. The number of carbonyl (C=O) groups excluding carboxylic acids is 1. The normalized spacial score (nSPS) is 10.0. The van der Waals surface area contributed by atoms with Crippen LogP contribution >= 0.6 is 11.6 Å². The lowest BCUT2D eigenvalue weighted by molar-refractivity contribution is -0.115. The molecule has 2 nitrogen and oxygen atoms in total. The summed E-state index contributed by atoms with van der Waals surface area (Å²) in [5, 5.41) is 0.755. The zero-order valence-corrected chi connectivity index (χ0v) is 9.43. The molecule has 0 aromatic heterocycles. The van der Waals surface area contributed by atoms with Gasteiger partial charge in [0.05, 0.1) is 6.54 Å². The number of aryl methyl sites for hydroxylation is 1. The number of hydrogen-bond acceptors (Lipinski definition) is 2. The van der Waals surface area contributed by atoms with Crippen LogP contribution in [0.5, 0.6) is 0 Å². The van der Waals surface area contributed by atoms with E-state index in [1.54, 1.807) is 6.92 Å². The van der Waals surface area contributed by atoms with Crippen molar-refractivity contribution in [1.29, 1.82) is 0 Å². The van der Waals surface area contributed by atoms with Crippen LogP contribution in [-0.4, -0.2) is 19.4 Å². The van der Waals surface area contributed by atoms with Crippen LogP contribution in [0.15, 0.2) is 18.2 Å². The van der Waals surface area contributed by atoms with Crippen LogP contribution in [0.1, 0.15) is 12.5 Å². The highest BCUT2D eigenvalue weighted by atomic mass is 35.5. The summed E-state index contributed by atoms with van der Waals surface area (Å²) in [4.78, 5) is 12.8. The van der Waals surface area contributed by atoms with Gasteiger partial charge in [-0.2, -0.15) is 0 Å². The van der Waals surface area contributed by atoms with Crippen LogP contribution in [0.25, 0.3) is 0 Å². The van der Waals surface area contributed by atoms with Crippen LogP contribution in [0.2, 0.25) is 5.02 Å². The third-order valence-corrected chi connectivity index (χ3v) is 2.47. The third-order valence-electron chi connectivity index (χ3n) is 2.04. The first-order chi connectivity index (χ1) is 6.50. The summed E-state index contributed by atoms with van der Waals surface area (Å²) in [6.45, 7) is 3.97. The topological polar surface area (TPSA) is 20.3 Å². The SMILES string of the molecule is CC(=O)CN(C)c1ccc(Cl)c(C)c1. The minimum atomic E-state index is 0.153. The number of halogens is 1. The van der Waals surface area contributed by atoms with Crippen molar-refractivity contribution in [2.75, 3.05) is 18.5 Å². The Hall–Kier alpha value is -1.02. The van der Waals surface area contributed by atoms with Gasteiger partial charge in [-0.15, -0.1) is 0 Å². The van der Waals surface area contributed by atoms with E-state index in [0.717, 1.165) is 16.3 Å². The largest absolute Gasteiger partial charge is 0.367 e. The zero-order valence-electron chi connectivity index (χ0n) is 8.67. The van der Waals surface area contributed by atoms with Crippen molar-refractivity contribution in [3.63, 3.8) is 0 Å². The van der Waals surface area contributed by atoms with Gasteiger partial charge in [-0.1, -0.05) is 11.6 Å². The first-order valence-electron chi connectivity index (χ1n) is 4.47. The predicted molar refractivity (Wildman–Crippen MR) is 60.1 cm³/mol. The predicted octanol–water partition coefficient (Wildman–Crippen LogP) is 2.67. The monoisotopic (exact) mass is 211 g/mol. The molecule has 0 fully saturated rings. The molecule has 1 rings (SSSR count). The maximum atomic E-state index is 10.9. The summed E-state index contributed by atoms with van der Waals surface area (Å²) in [5.41, 5.74) is 2.04. The first-order valence-corrected chi connectivity index (χ1v) is 4.85. The van der Waals surface area contributed by atoms with Crippen molar-refractivity contribution in [2.45, 2.75) is 13.8 Å². The summed E-state index contributed by atoms with van der Waals surface area (Å²) in [7, 11) is 1.89. The number of carbonyl (C=O) groups is 1. The maximum absolute atomic E-state index is 10.9. The summed E-state index contributed by atoms with van der Waals surface area (Å²) < 4.78 is 0. The van der Waals surface area contributed by atoms with Gasteiger partial charge >= 0.3 is 0 Å². The average molecular weight is 212 g/mol. The number of anilines is 1. The molecule has 0 radical (unpaired) electrons.